The van der Waals surface area contributed by atoms with Gasteiger partial charge in [0.15, 0.2) is 0 Å². The van der Waals surface area contributed by atoms with E-state index in [9.17, 15) is 9.18 Å². The van der Waals surface area contributed by atoms with Crippen LogP contribution in [0.25, 0.3) is 11.1 Å². The summed E-state index contributed by atoms with van der Waals surface area (Å²) in [7, 11) is 1.07. The highest BCUT2D eigenvalue weighted by Crippen LogP contribution is 2.36. The van der Waals surface area contributed by atoms with E-state index in [1.807, 2.05) is 52.2 Å². The fraction of sp³-hybridized carbons (Fsp3) is 0.333. The number of hydrogen-bond acceptors (Lipinski definition) is 4. The molecule has 0 bridgehead atoms. The Morgan fingerprint density at radius 2 is 2.07 bits per heavy atom. The number of nitrogens with zero attached hydrogens (tertiary/aromatic N) is 1. The molecule has 1 aliphatic rings. The number of hydrogen-bond donors (Lipinski definition) is 1. The van der Waals surface area contributed by atoms with Crippen LogP contribution in [0.1, 0.15) is 25.3 Å². The normalized spacial score (nSPS) is 20.9. The Kier molecular flexibility index (Phi) is 6.42. The van der Waals surface area contributed by atoms with Gasteiger partial charge >= 0.3 is 5.30 Å². The average Bonchev–Trinajstić information content (AvgIpc) is 3.13. The first kappa shape index (κ1) is 19.7. The first-order valence-electron chi connectivity index (χ1n) is 9.09. The molecule has 3 unspecified atom stereocenters. The van der Waals surface area contributed by atoms with Gasteiger partial charge in [-0.2, -0.15) is 4.41 Å². The van der Waals surface area contributed by atoms with Crippen LogP contribution in [0, 0.1) is 11.7 Å². The maximum atomic E-state index is 14.7. The van der Waals surface area contributed by atoms with E-state index in [4.69, 9.17) is 4.74 Å². The van der Waals surface area contributed by atoms with E-state index in [1.165, 1.54) is 0 Å². The monoisotopic (exact) mass is 388 g/mol. The minimum absolute atomic E-state index is 0.0899. The Labute approximate surface area is 162 Å². The highest BCUT2D eigenvalue weighted by Gasteiger charge is 2.31. The fourth-order valence-electron chi connectivity index (χ4n) is 3.26. The highest BCUT2D eigenvalue weighted by molar-refractivity contribution is 8.25. The van der Waals surface area contributed by atoms with Gasteiger partial charge < -0.3 is 4.74 Å². The lowest BCUT2D eigenvalue weighted by molar-refractivity contribution is 0.179. The van der Waals surface area contributed by atoms with Gasteiger partial charge in [-0.25, -0.2) is 14.6 Å². The molecule has 0 radical (unpaired) electrons. The number of carbonyl (C=O) groups is 1. The molecule has 0 amide bonds. The Hall–Kier alpha value is -2.02. The third-order valence-corrected chi connectivity index (χ3v) is 6.72. The molecule has 6 heteroatoms. The first-order chi connectivity index (χ1) is 13.0. The van der Waals surface area contributed by atoms with Crippen molar-refractivity contribution < 1.29 is 13.9 Å². The molecular formula is C21H25FN2O2S. The number of nitrogens with one attached hydrogen (secondary N) is 1. The van der Waals surface area contributed by atoms with Gasteiger partial charge in [-0.15, -0.1) is 0 Å². The number of benzene rings is 2. The van der Waals surface area contributed by atoms with Crippen LogP contribution in [0.15, 0.2) is 48.5 Å². The van der Waals surface area contributed by atoms with Crippen LogP contribution in [0.4, 0.5) is 9.18 Å². The summed E-state index contributed by atoms with van der Waals surface area (Å²) in [5, 5.41) is 1.80. The summed E-state index contributed by atoms with van der Waals surface area (Å²) in [6.07, 6.45) is 0. The van der Waals surface area contributed by atoms with Gasteiger partial charge in [0.05, 0.1) is 6.61 Å². The van der Waals surface area contributed by atoms with Gasteiger partial charge in [-0.05, 0) is 42.5 Å². The molecule has 0 saturated heterocycles. The third-order valence-electron chi connectivity index (χ3n) is 4.85. The van der Waals surface area contributed by atoms with Gasteiger partial charge in [0.1, 0.15) is 5.82 Å². The van der Waals surface area contributed by atoms with Crippen LogP contribution in [0.2, 0.25) is 0 Å². The molecule has 144 valence electrons. The molecule has 2 aromatic carbocycles. The van der Waals surface area contributed by atoms with Crippen LogP contribution in [-0.2, 0) is 4.74 Å². The number of hydrazine groups is 1. The van der Waals surface area contributed by atoms with Crippen LogP contribution in [-0.4, -0.2) is 35.3 Å². The summed E-state index contributed by atoms with van der Waals surface area (Å²) in [5.41, 5.74) is 5.47. The summed E-state index contributed by atoms with van der Waals surface area (Å²) >= 11 is 0. The van der Waals surface area contributed by atoms with Crippen molar-refractivity contribution in [1.82, 2.24) is 9.84 Å². The number of halogens is 1. The Balaban J connectivity index is 1.83. The molecule has 0 fully saturated rings. The smallest absolute Gasteiger partial charge is 0.376 e. The molecule has 1 aliphatic heterocycles. The van der Waals surface area contributed by atoms with Gasteiger partial charge in [0.2, 0.25) is 0 Å². The molecule has 27 heavy (non-hydrogen) atoms. The van der Waals surface area contributed by atoms with Crippen LogP contribution in [0.5, 0.6) is 0 Å². The van der Waals surface area contributed by atoms with Crippen LogP contribution < -0.4 is 5.43 Å². The summed E-state index contributed by atoms with van der Waals surface area (Å²) < 4.78 is 21.8. The van der Waals surface area contributed by atoms with Crippen molar-refractivity contribution in [3.8, 4) is 11.1 Å². The molecule has 1 N–H and O–H groups in total. The van der Waals surface area contributed by atoms with Crippen molar-refractivity contribution in [2.75, 3.05) is 20.2 Å². The largest absolute Gasteiger partial charge is 0.457 e. The minimum Gasteiger partial charge on any atom is -0.457 e. The quantitative estimate of drug-likeness (QED) is 0.590. The average molecular weight is 389 g/mol. The van der Waals surface area contributed by atoms with E-state index in [0.717, 1.165) is 11.1 Å². The van der Waals surface area contributed by atoms with Gasteiger partial charge in [0, 0.05) is 28.7 Å². The van der Waals surface area contributed by atoms with Gasteiger partial charge in [-0.3, -0.25) is 0 Å². The van der Waals surface area contributed by atoms with E-state index in [2.05, 4.69) is 12.3 Å². The van der Waals surface area contributed by atoms with Crippen LogP contribution in [0.3, 0.4) is 0 Å². The predicted octanol–water partition coefficient (Wildman–Crippen LogP) is 4.81. The molecule has 3 atom stereocenters. The number of ether oxygens (including phenoxy) is 1. The van der Waals surface area contributed by atoms with Crippen molar-refractivity contribution >= 4 is 21.3 Å². The summed E-state index contributed by atoms with van der Waals surface area (Å²) in [5.74, 6) is -0.00215. The molecule has 0 spiro atoms. The lowest BCUT2D eigenvalue weighted by Gasteiger charge is -2.21. The lowest BCUT2D eigenvalue weighted by atomic mass is 9.88. The molecule has 2 aromatic rings. The Morgan fingerprint density at radius 1 is 1.33 bits per heavy atom. The maximum Gasteiger partial charge on any atom is 0.376 e. The predicted molar refractivity (Wildman–Crippen MR) is 110 cm³/mol. The first-order valence-corrected chi connectivity index (χ1v) is 10.3. The van der Waals surface area contributed by atoms with Crippen molar-refractivity contribution in [3.63, 3.8) is 0 Å². The SMILES string of the molecule is CCOC(=O)S1=CC(C(C)c2ccc(-c3ccccc3)c(F)c2)CN1NC. The Bertz CT molecular complexity index is 841. The highest BCUT2D eigenvalue weighted by atomic mass is 32.2. The zero-order chi connectivity index (χ0) is 19.4. The van der Waals surface area contributed by atoms with E-state index in [1.54, 1.807) is 20.0 Å². The molecular weight excluding hydrogens is 363 g/mol. The zero-order valence-corrected chi connectivity index (χ0v) is 16.6. The summed E-state index contributed by atoms with van der Waals surface area (Å²) in [6.45, 7) is 4.92. The molecule has 4 nitrogen and oxygen atoms in total. The summed E-state index contributed by atoms with van der Waals surface area (Å²) in [4.78, 5) is 12.2. The number of carbonyl (C=O) groups excluding carboxylic acids is 1. The fourth-order valence-corrected chi connectivity index (χ4v) is 5.12. The minimum atomic E-state index is -0.731. The molecule has 1 heterocycles. The lowest BCUT2D eigenvalue weighted by Crippen LogP contribution is -2.32. The van der Waals surface area contributed by atoms with Crippen molar-refractivity contribution in [2.45, 2.75) is 19.8 Å². The molecule has 0 aromatic heterocycles. The summed E-state index contributed by atoms with van der Waals surface area (Å²) in [6, 6.07) is 15.0. The number of rotatable bonds is 5. The van der Waals surface area contributed by atoms with E-state index in [0.29, 0.717) is 18.7 Å². The van der Waals surface area contributed by atoms with Gasteiger partial charge in [-0.1, -0.05) is 49.4 Å². The van der Waals surface area contributed by atoms with Crippen molar-refractivity contribution in [1.29, 1.82) is 0 Å². The van der Waals surface area contributed by atoms with E-state index in [-0.39, 0.29) is 23.0 Å². The maximum absolute atomic E-state index is 14.7. The van der Waals surface area contributed by atoms with E-state index >= 15 is 0 Å². The topological polar surface area (TPSA) is 41.6 Å². The standard InChI is InChI=1S/C21H25FN2O2S/c1-4-26-21(25)27-14-18(13-24(27)23-3)15(2)17-10-11-19(20(22)12-17)16-8-6-5-7-9-16/h5-12,14-15,18,23H,4,13H2,1-3H3. The molecule has 3 rings (SSSR count). The second kappa shape index (κ2) is 8.78. The molecule has 0 saturated carbocycles. The third kappa shape index (κ3) is 4.29. The molecule has 0 aliphatic carbocycles. The Morgan fingerprint density at radius 3 is 2.70 bits per heavy atom. The zero-order valence-electron chi connectivity index (χ0n) is 15.8. The second-order valence-electron chi connectivity index (χ2n) is 6.48. The van der Waals surface area contributed by atoms with Crippen molar-refractivity contribution in [3.05, 3.63) is 59.9 Å². The van der Waals surface area contributed by atoms with E-state index < -0.39 is 10.7 Å². The van der Waals surface area contributed by atoms with Gasteiger partial charge in [0.25, 0.3) is 0 Å². The van der Waals surface area contributed by atoms with Crippen molar-refractivity contribution in [2.24, 2.45) is 5.92 Å². The second-order valence-corrected chi connectivity index (χ2v) is 8.15. The van der Waals surface area contributed by atoms with Crippen LogP contribution >= 0.6 is 10.7 Å².